The summed E-state index contributed by atoms with van der Waals surface area (Å²) >= 11 is 0. The minimum absolute atomic E-state index is 0.0185. The number of sulfonamides is 1. The maximum absolute atomic E-state index is 11.3. The van der Waals surface area contributed by atoms with Crippen LogP contribution >= 0.6 is 0 Å². The molecule has 0 fully saturated rings. The first-order valence-corrected chi connectivity index (χ1v) is 5.18. The Labute approximate surface area is 76.6 Å². The van der Waals surface area contributed by atoms with Crippen molar-refractivity contribution in [3.63, 3.8) is 0 Å². The standard InChI is InChI=1S/C6H12N4O2S/c1-4-5(3-7)6(10-9-4)13(11,12)8-2/h8H,3,7H2,1-2H3,(H,9,10). The van der Waals surface area contributed by atoms with Crippen LogP contribution in [0.25, 0.3) is 0 Å². The molecule has 0 aliphatic carbocycles. The van der Waals surface area contributed by atoms with Crippen LogP contribution in [0.3, 0.4) is 0 Å². The van der Waals surface area contributed by atoms with Gasteiger partial charge >= 0.3 is 0 Å². The summed E-state index contributed by atoms with van der Waals surface area (Å²) in [5.41, 5.74) is 6.59. The molecular formula is C6H12N4O2S. The van der Waals surface area contributed by atoms with E-state index in [1.54, 1.807) is 6.92 Å². The molecular weight excluding hydrogens is 192 g/mol. The minimum Gasteiger partial charge on any atom is -0.326 e. The number of aromatic amines is 1. The molecule has 1 rings (SSSR count). The Morgan fingerprint density at radius 3 is 2.69 bits per heavy atom. The average Bonchev–Trinajstić information content (AvgIpc) is 2.47. The third-order valence-electron chi connectivity index (χ3n) is 1.76. The number of aromatic nitrogens is 2. The smallest absolute Gasteiger partial charge is 0.259 e. The van der Waals surface area contributed by atoms with E-state index in [1.807, 2.05) is 0 Å². The van der Waals surface area contributed by atoms with E-state index < -0.39 is 10.0 Å². The van der Waals surface area contributed by atoms with Gasteiger partial charge in [-0.1, -0.05) is 0 Å². The molecule has 0 radical (unpaired) electrons. The molecule has 0 aliphatic heterocycles. The van der Waals surface area contributed by atoms with Crippen molar-refractivity contribution < 1.29 is 8.42 Å². The Balaban J connectivity index is 3.31. The van der Waals surface area contributed by atoms with Crippen molar-refractivity contribution in [2.75, 3.05) is 7.05 Å². The summed E-state index contributed by atoms with van der Waals surface area (Å²) in [7, 11) is -2.16. The van der Waals surface area contributed by atoms with Gasteiger partial charge in [0.05, 0.1) is 0 Å². The molecule has 0 saturated carbocycles. The molecule has 1 aromatic rings. The average molecular weight is 204 g/mol. The number of hydrogen-bond acceptors (Lipinski definition) is 4. The van der Waals surface area contributed by atoms with Crippen molar-refractivity contribution >= 4 is 10.0 Å². The highest BCUT2D eigenvalue weighted by atomic mass is 32.2. The molecule has 0 aliphatic rings. The third-order valence-corrected chi connectivity index (χ3v) is 3.15. The molecule has 0 amide bonds. The molecule has 0 bridgehead atoms. The van der Waals surface area contributed by atoms with E-state index in [0.29, 0.717) is 11.3 Å². The van der Waals surface area contributed by atoms with E-state index in [-0.39, 0.29) is 11.6 Å². The predicted octanol–water partition coefficient (Wildman–Crippen LogP) is -0.915. The van der Waals surface area contributed by atoms with Gasteiger partial charge in [0.25, 0.3) is 10.0 Å². The summed E-state index contributed by atoms with van der Waals surface area (Å²) < 4.78 is 24.9. The molecule has 1 heterocycles. The van der Waals surface area contributed by atoms with E-state index in [0.717, 1.165) is 0 Å². The van der Waals surface area contributed by atoms with Gasteiger partial charge in [-0.15, -0.1) is 0 Å². The largest absolute Gasteiger partial charge is 0.326 e. The fourth-order valence-corrected chi connectivity index (χ4v) is 1.91. The summed E-state index contributed by atoms with van der Waals surface area (Å²) in [6, 6.07) is 0. The van der Waals surface area contributed by atoms with E-state index in [4.69, 9.17) is 5.73 Å². The second kappa shape index (κ2) is 3.44. The lowest BCUT2D eigenvalue weighted by atomic mass is 10.3. The molecule has 1 aromatic heterocycles. The quantitative estimate of drug-likeness (QED) is 0.593. The Morgan fingerprint density at radius 1 is 1.62 bits per heavy atom. The van der Waals surface area contributed by atoms with Crippen LogP contribution in [0, 0.1) is 6.92 Å². The lowest BCUT2D eigenvalue weighted by molar-refractivity contribution is 0.582. The maximum Gasteiger partial charge on any atom is 0.259 e. The Bertz CT molecular complexity index is 395. The van der Waals surface area contributed by atoms with Crippen LogP contribution in [0.4, 0.5) is 0 Å². The van der Waals surface area contributed by atoms with Gasteiger partial charge in [-0.25, -0.2) is 13.1 Å². The van der Waals surface area contributed by atoms with Crippen LogP contribution in [-0.4, -0.2) is 25.7 Å². The van der Waals surface area contributed by atoms with Gasteiger partial charge in [0.2, 0.25) is 0 Å². The lowest BCUT2D eigenvalue weighted by Gasteiger charge is -2.00. The molecule has 0 aromatic carbocycles. The Morgan fingerprint density at radius 2 is 2.23 bits per heavy atom. The lowest BCUT2D eigenvalue weighted by Crippen LogP contribution is -2.21. The highest BCUT2D eigenvalue weighted by Gasteiger charge is 2.20. The fourth-order valence-electron chi connectivity index (χ4n) is 0.989. The van der Waals surface area contributed by atoms with Gasteiger partial charge in [-0.05, 0) is 14.0 Å². The van der Waals surface area contributed by atoms with Crippen molar-refractivity contribution in [3.8, 4) is 0 Å². The van der Waals surface area contributed by atoms with Crippen LogP contribution in [-0.2, 0) is 16.6 Å². The number of hydrogen-bond donors (Lipinski definition) is 3. The molecule has 4 N–H and O–H groups in total. The second-order valence-corrected chi connectivity index (χ2v) is 4.35. The van der Waals surface area contributed by atoms with Crippen LogP contribution < -0.4 is 10.5 Å². The number of aryl methyl sites for hydroxylation is 1. The molecule has 0 atom stereocenters. The van der Waals surface area contributed by atoms with Crippen LogP contribution in [0.1, 0.15) is 11.3 Å². The molecule has 0 saturated heterocycles. The highest BCUT2D eigenvalue weighted by molar-refractivity contribution is 7.89. The normalized spacial score (nSPS) is 11.9. The fraction of sp³-hybridized carbons (Fsp3) is 0.500. The zero-order valence-corrected chi connectivity index (χ0v) is 8.27. The topological polar surface area (TPSA) is 101 Å². The molecule has 7 heteroatoms. The van der Waals surface area contributed by atoms with E-state index in [9.17, 15) is 8.42 Å². The maximum atomic E-state index is 11.3. The van der Waals surface area contributed by atoms with Gasteiger partial charge in [0.15, 0.2) is 5.03 Å². The molecule has 0 unspecified atom stereocenters. The first-order chi connectivity index (χ1) is 6.03. The van der Waals surface area contributed by atoms with Gasteiger partial charge in [0.1, 0.15) is 0 Å². The zero-order chi connectivity index (χ0) is 10.1. The number of nitrogens with zero attached hydrogens (tertiary/aromatic N) is 1. The number of rotatable bonds is 3. The van der Waals surface area contributed by atoms with Gasteiger partial charge < -0.3 is 5.73 Å². The minimum atomic E-state index is -3.49. The van der Waals surface area contributed by atoms with Crippen LogP contribution in [0.5, 0.6) is 0 Å². The second-order valence-electron chi connectivity index (χ2n) is 2.54. The SMILES string of the molecule is CNS(=O)(=O)c1n[nH]c(C)c1CN. The van der Waals surface area contributed by atoms with Crippen molar-refractivity contribution in [2.45, 2.75) is 18.5 Å². The molecule has 13 heavy (non-hydrogen) atoms. The number of nitrogens with one attached hydrogen (secondary N) is 2. The Hall–Kier alpha value is -0.920. The van der Waals surface area contributed by atoms with Crippen LogP contribution in [0.2, 0.25) is 0 Å². The van der Waals surface area contributed by atoms with Crippen molar-refractivity contribution in [1.29, 1.82) is 0 Å². The summed E-state index contributed by atoms with van der Waals surface area (Å²) in [6.07, 6.45) is 0. The number of nitrogens with two attached hydrogens (primary N) is 1. The monoisotopic (exact) mass is 204 g/mol. The van der Waals surface area contributed by atoms with E-state index >= 15 is 0 Å². The molecule has 74 valence electrons. The zero-order valence-electron chi connectivity index (χ0n) is 7.46. The highest BCUT2D eigenvalue weighted by Crippen LogP contribution is 2.14. The van der Waals surface area contributed by atoms with Gasteiger partial charge in [-0.3, -0.25) is 5.10 Å². The molecule has 0 spiro atoms. The first kappa shape index (κ1) is 10.2. The Kier molecular flexibility index (Phi) is 2.69. The third kappa shape index (κ3) is 1.71. The van der Waals surface area contributed by atoms with E-state index in [2.05, 4.69) is 14.9 Å². The van der Waals surface area contributed by atoms with Gasteiger partial charge in [0, 0.05) is 17.8 Å². The van der Waals surface area contributed by atoms with Gasteiger partial charge in [-0.2, -0.15) is 5.10 Å². The first-order valence-electron chi connectivity index (χ1n) is 3.70. The summed E-state index contributed by atoms with van der Waals surface area (Å²) in [5, 5.41) is 6.23. The predicted molar refractivity (Wildman–Crippen MR) is 47.5 cm³/mol. The van der Waals surface area contributed by atoms with Crippen molar-refractivity contribution in [3.05, 3.63) is 11.3 Å². The van der Waals surface area contributed by atoms with Crippen molar-refractivity contribution in [2.24, 2.45) is 5.73 Å². The molecule has 6 nitrogen and oxygen atoms in total. The van der Waals surface area contributed by atoms with Crippen LogP contribution in [0.15, 0.2) is 5.03 Å². The number of H-pyrrole nitrogens is 1. The van der Waals surface area contributed by atoms with Crippen molar-refractivity contribution in [1.82, 2.24) is 14.9 Å². The summed E-state index contributed by atoms with van der Waals surface area (Å²) in [6.45, 7) is 1.88. The summed E-state index contributed by atoms with van der Waals surface area (Å²) in [5.74, 6) is 0. The summed E-state index contributed by atoms with van der Waals surface area (Å²) in [4.78, 5) is 0. The van der Waals surface area contributed by atoms with E-state index in [1.165, 1.54) is 7.05 Å².